The first kappa shape index (κ1) is 81.6. The quantitative estimate of drug-likeness (QED) is 0.0373. The summed E-state index contributed by atoms with van der Waals surface area (Å²) >= 11 is 0. The second kappa shape index (κ2) is 74.9. The number of esters is 2. The number of rotatable bonds is 71. The molecule has 0 saturated heterocycles. The van der Waals surface area contributed by atoms with Gasteiger partial charge >= 0.3 is 11.9 Å². The van der Waals surface area contributed by atoms with Crippen LogP contribution in [0.4, 0.5) is 0 Å². The molecule has 0 saturated carbocycles. The van der Waals surface area contributed by atoms with Crippen LogP contribution in [0, 0.1) is 0 Å². The molecule has 1 atom stereocenters. The first-order chi connectivity index (χ1) is 41.6. The molecule has 1 N–H and O–H groups in total. The van der Waals surface area contributed by atoms with Crippen LogP contribution in [0.5, 0.6) is 0 Å². The lowest BCUT2D eigenvalue weighted by atomic mass is 10.0. The smallest absolute Gasteiger partial charge is 0.306 e. The molecule has 0 aromatic heterocycles. The van der Waals surface area contributed by atoms with Gasteiger partial charge in [-0.1, -0.05) is 402 Å². The van der Waals surface area contributed by atoms with Gasteiger partial charge in [-0.3, -0.25) is 9.59 Å². The van der Waals surface area contributed by atoms with Crippen molar-refractivity contribution < 1.29 is 24.2 Å². The maximum absolute atomic E-state index is 12.4. The van der Waals surface area contributed by atoms with Gasteiger partial charge < -0.3 is 14.6 Å². The monoisotopic (exact) mass is 1180 g/mol. The summed E-state index contributed by atoms with van der Waals surface area (Å²) in [5.74, 6) is -0.570. The second-order valence-electron chi connectivity index (χ2n) is 25.7. The SMILES string of the molecule is CC/C=C\C/C=C\C/C=C\C/C=C\C/C=C\CCCCCCCCCCCCCCCCCC(=O)OC(CO)COC(=O)CCCCCCCCCCCCCCCCCCCCCCCCCCCCCCCCCCCCCCCCC. The molecule has 0 bridgehead atoms. The van der Waals surface area contributed by atoms with Crippen LogP contribution in [0.15, 0.2) is 60.8 Å². The highest BCUT2D eigenvalue weighted by atomic mass is 16.6. The van der Waals surface area contributed by atoms with Gasteiger partial charge in [0.2, 0.25) is 0 Å². The van der Waals surface area contributed by atoms with Gasteiger partial charge in [0.1, 0.15) is 6.61 Å². The number of allylic oxidation sites excluding steroid dienone is 10. The Morgan fingerprint density at radius 2 is 0.512 bits per heavy atom. The van der Waals surface area contributed by atoms with Gasteiger partial charge in [-0.05, 0) is 57.8 Å². The van der Waals surface area contributed by atoms with Crippen molar-refractivity contribution in [3.63, 3.8) is 0 Å². The lowest BCUT2D eigenvalue weighted by Crippen LogP contribution is -2.28. The zero-order chi connectivity index (χ0) is 60.5. The van der Waals surface area contributed by atoms with Crippen LogP contribution in [0.2, 0.25) is 0 Å². The van der Waals surface area contributed by atoms with Gasteiger partial charge in [0.25, 0.3) is 0 Å². The van der Waals surface area contributed by atoms with Crippen molar-refractivity contribution in [2.75, 3.05) is 13.2 Å². The van der Waals surface area contributed by atoms with Gasteiger partial charge in [-0.15, -0.1) is 0 Å². The van der Waals surface area contributed by atoms with Crippen LogP contribution in [0.25, 0.3) is 0 Å². The molecule has 0 aliphatic heterocycles. The number of unbranched alkanes of at least 4 members (excludes halogenated alkanes) is 53. The Labute approximate surface area is 525 Å². The average Bonchev–Trinajstić information content (AvgIpc) is 3.51. The first-order valence-electron chi connectivity index (χ1n) is 37.8. The van der Waals surface area contributed by atoms with E-state index in [4.69, 9.17) is 9.47 Å². The third kappa shape index (κ3) is 72.1. The molecule has 84 heavy (non-hydrogen) atoms. The molecule has 0 radical (unpaired) electrons. The maximum Gasteiger partial charge on any atom is 0.306 e. The molecule has 0 rings (SSSR count). The van der Waals surface area contributed by atoms with Crippen molar-refractivity contribution in [3.05, 3.63) is 60.8 Å². The summed E-state index contributed by atoms with van der Waals surface area (Å²) < 4.78 is 10.8. The fourth-order valence-corrected chi connectivity index (χ4v) is 11.7. The van der Waals surface area contributed by atoms with E-state index in [2.05, 4.69) is 74.6 Å². The van der Waals surface area contributed by atoms with Gasteiger partial charge in [0.05, 0.1) is 6.61 Å². The lowest BCUT2D eigenvalue weighted by Gasteiger charge is -2.15. The standard InChI is InChI=1S/C79H146O5/c1-3-5-7-9-11-13-15-17-19-21-23-25-27-29-31-33-35-36-37-38-39-40-41-42-44-45-47-49-51-53-55-57-59-61-63-65-67-69-71-73-78(81)83-76-77(75-80)84-79(82)74-72-70-68-66-64-62-60-58-56-54-52-50-48-46-43-34-32-30-28-26-24-22-20-18-16-14-12-10-8-6-4-2/h6,8,12,14,18,20,24,26,30,32,77,80H,3-5,7,9-11,13,15-17,19,21-23,25,27-29,31,33-76H2,1-2H3/b8-6-,14-12-,20-18-,26-24-,32-30-. The highest BCUT2D eigenvalue weighted by Crippen LogP contribution is 2.20. The summed E-state index contributed by atoms with van der Waals surface area (Å²) in [6.45, 7) is 4.09. The minimum atomic E-state index is -0.773. The molecule has 0 aromatic carbocycles. The van der Waals surface area contributed by atoms with E-state index < -0.39 is 6.10 Å². The number of carbonyl (C=O) groups excluding carboxylic acids is 2. The Balaban J connectivity index is 3.38. The largest absolute Gasteiger partial charge is 0.462 e. The fraction of sp³-hybridized carbons (Fsp3) is 0.848. The summed E-state index contributed by atoms with van der Waals surface area (Å²) in [6, 6.07) is 0. The van der Waals surface area contributed by atoms with E-state index in [1.165, 1.54) is 321 Å². The number of hydrogen-bond acceptors (Lipinski definition) is 5. The summed E-state index contributed by atoms with van der Waals surface area (Å²) in [5, 5.41) is 9.72. The van der Waals surface area contributed by atoms with E-state index in [-0.39, 0.29) is 25.2 Å². The highest BCUT2D eigenvalue weighted by Gasteiger charge is 2.16. The lowest BCUT2D eigenvalue weighted by molar-refractivity contribution is -0.161. The fourth-order valence-electron chi connectivity index (χ4n) is 11.7. The molecule has 5 heteroatoms. The molecule has 0 aliphatic carbocycles. The molecule has 492 valence electrons. The van der Waals surface area contributed by atoms with Crippen molar-refractivity contribution in [2.45, 2.75) is 418 Å². The van der Waals surface area contributed by atoms with Crippen molar-refractivity contribution in [2.24, 2.45) is 0 Å². The van der Waals surface area contributed by atoms with Crippen LogP contribution in [-0.2, 0) is 19.1 Å². The van der Waals surface area contributed by atoms with Crippen LogP contribution in [0.3, 0.4) is 0 Å². The van der Waals surface area contributed by atoms with Crippen LogP contribution < -0.4 is 0 Å². The van der Waals surface area contributed by atoms with Gasteiger partial charge in [0.15, 0.2) is 6.10 Å². The third-order valence-electron chi connectivity index (χ3n) is 17.3. The number of aliphatic hydroxyl groups excluding tert-OH is 1. The Bertz CT molecular complexity index is 1430. The molecule has 0 fully saturated rings. The second-order valence-corrected chi connectivity index (χ2v) is 25.7. The average molecular weight is 1180 g/mol. The summed E-state index contributed by atoms with van der Waals surface area (Å²) in [6.07, 6.45) is 103. The zero-order valence-electron chi connectivity index (χ0n) is 56.7. The Morgan fingerprint density at radius 1 is 0.286 bits per heavy atom. The molecular formula is C79H146O5. The van der Waals surface area contributed by atoms with Crippen molar-refractivity contribution in [3.8, 4) is 0 Å². The normalized spacial score (nSPS) is 12.5. The molecule has 0 aliphatic rings. The molecule has 5 nitrogen and oxygen atoms in total. The van der Waals surface area contributed by atoms with E-state index >= 15 is 0 Å². The predicted octanol–water partition coefficient (Wildman–Crippen LogP) is 26.4. The number of carbonyl (C=O) groups is 2. The van der Waals surface area contributed by atoms with E-state index in [0.717, 1.165) is 64.2 Å². The minimum Gasteiger partial charge on any atom is -0.462 e. The zero-order valence-corrected chi connectivity index (χ0v) is 56.7. The summed E-state index contributed by atoms with van der Waals surface area (Å²) in [4.78, 5) is 24.7. The van der Waals surface area contributed by atoms with Crippen molar-refractivity contribution in [1.29, 1.82) is 0 Å². The van der Waals surface area contributed by atoms with E-state index in [1.54, 1.807) is 0 Å². The van der Waals surface area contributed by atoms with Gasteiger partial charge in [0, 0.05) is 12.8 Å². The van der Waals surface area contributed by atoms with Crippen molar-refractivity contribution >= 4 is 11.9 Å². The highest BCUT2D eigenvalue weighted by molar-refractivity contribution is 5.70. The Kier molecular flexibility index (Phi) is 72.7. The topological polar surface area (TPSA) is 72.8 Å². The van der Waals surface area contributed by atoms with Gasteiger partial charge in [-0.2, -0.15) is 0 Å². The summed E-state index contributed by atoms with van der Waals surface area (Å²) in [5.41, 5.74) is 0. The molecular weight excluding hydrogens is 1030 g/mol. The van der Waals surface area contributed by atoms with E-state index in [1.807, 2.05) is 0 Å². The number of ether oxygens (including phenoxy) is 2. The van der Waals surface area contributed by atoms with Crippen LogP contribution >= 0.6 is 0 Å². The molecule has 0 heterocycles. The number of aliphatic hydroxyl groups is 1. The van der Waals surface area contributed by atoms with Crippen LogP contribution in [0.1, 0.15) is 412 Å². The third-order valence-corrected chi connectivity index (χ3v) is 17.3. The van der Waals surface area contributed by atoms with E-state index in [9.17, 15) is 14.7 Å². The molecule has 0 aromatic rings. The van der Waals surface area contributed by atoms with E-state index in [0.29, 0.717) is 12.8 Å². The number of hydrogen-bond donors (Lipinski definition) is 1. The van der Waals surface area contributed by atoms with Gasteiger partial charge in [-0.25, -0.2) is 0 Å². The van der Waals surface area contributed by atoms with Crippen LogP contribution in [-0.4, -0.2) is 36.4 Å². The maximum atomic E-state index is 12.4. The Morgan fingerprint density at radius 3 is 0.774 bits per heavy atom. The molecule has 0 amide bonds. The minimum absolute atomic E-state index is 0.0617. The van der Waals surface area contributed by atoms with Crippen molar-refractivity contribution in [1.82, 2.24) is 0 Å². The summed E-state index contributed by atoms with van der Waals surface area (Å²) in [7, 11) is 0. The predicted molar refractivity (Wildman–Crippen MR) is 371 cm³/mol. The molecule has 0 spiro atoms. The first-order valence-corrected chi connectivity index (χ1v) is 37.8. The molecule has 1 unspecified atom stereocenters. The Hall–Kier alpha value is -2.40.